The van der Waals surface area contributed by atoms with Gasteiger partial charge in [0.2, 0.25) is 5.91 Å². The number of rotatable bonds is 6. The normalized spacial score (nSPS) is 11.7. The highest BCUT2D eigenvalue weighted by molar-refractivity contribution is 5.96. The van der Waals surface area contributed by atoms with Gasteiger partial charge in [0.15, 0.2) is 0 Å². The lowest BCUT2D eigenvalue weighted by atomic mass is 10.1. The number of Topliss-reactive ketones (excluding diaryl/α,β-unsaturated/α-hetero) is 1. The first-order valence-corrected chi connectivity index (χ1v) is 5.56. The molecule has 6 heteroatoms. The molecular formula is C11H18F3NO2. The molecule has 0 aliphatic rings. The van der Waals surface area contributed by atoms with Crippen LogP contribution in [-0.2, 0) is 9.59 Å². The van der Waals surface area contributed by atoms with E-state index in [0.717, 1.165) is 4.90 Å². The molecule has 0 aliphatic heterocycles. The van der Waals surface area contributed by atoms with E-state index in [-0.39, 0.29) is 0 Å². The summed E-state index contributed by atoms with van der Waals surface area (Å²) in [6.45, 7) is 3.35. The van der Waals surface area contributed by atoms with Crippen LogP contribution in [0.2, 0.25) is 0 Å². The molecule has 0 saturated heterocycles. The summed E-state index contributed by atoms with van der Waals surface area (Å²) in [6.07, 6.45) is -4.02. The van der Waals surface area contributed by atoms with Gasteiger partial charge in [-0.3, -0.25) is 9.59 Å². The van der Waals surface area contributed by atoms with Gasteiger partial charge in [0.25, 0.3) is 0 Å². The second kappa shape index (κ2) is 6.61. The highest BCUT2D eigenvalue weighted by Crippen LogP contribution is 2.21. The van der Waals surface area contributed by atoms with Gasteiger partial charge in [-0.15, -0.1) is 0 Å². The van der Waals surface area contributed by atoms with Gasteiger partial charge in [-0.2, -0.15) is 13.2 Å². The third-order valence-electron chi connectivity index (χ3n) is 2.45. The monoisotopic (exact) mass is 253 g/mol. The van der Waals surface area contributed by atoms with E-state index in [1.165, 1.54) is 6.92 Å². The summed E-state index contributed by atoms with van der Waals surface area (Å²) >= 11 is 0. The Hall–Kier alpha value is -1.07. The van der Waals surface area contributed by atoms with Crippen LogP contribution in [0.1, 0.15) is 40.0 Å². The summed E-state index contributed by atoms with van der Waals surface area (Å²) in [5.41, 5.74) is 0. The van der Waals surface area contributed by atoms with Gasteiger partial charge in [-0.05, 0) is 19.8 Å². The second-order valence-corrected chi connectivity index (χ2v) is 3.99. The van der Waals surface area contributed by atoms with Gasteiger partial charge in [0.1, 0.15) is 12.3 Å². The van der Waals surface area contributed by atoms with Gasteiger partial charge in [0.05, 0.1) is 6.42 Å². The summed E-state index contributed by atoms with van der Waals surface area (Å²) in [5.74, 6) is -1.17. The minimum atomic E-state index is -4.44. The Morgan fingerprint density at radius 1 is 1.18 bits per heavy atom. The number of ketones is 1. The molecule has 17 heavy (non-hydrogen) atoms. The summed E-state index contributed by atoms with van der Waals surface area (Å²) in [7, 11) is 0. The van der Waals surface area contributed by atoms with Crippen LogP contribution in [0.5, 0.6) is 0 Å². The Balaban J connectivity index is 4.83. The zero-order valence-electron chi connectivity index (χ0n) is 10.3. The predicted molar refractivity (Wildman–Crippen MR) is 57.4 cm³/mol. The van der Waals surface area contributed by atoms with E-state index in [4.69, 9.17) is 0 Å². The SMILES string of the molecule is CCC(CC)N(CC(F)(F)F)C(=O)CC(C)=O. The Bertz CT molecular complexity index is 272. The predicted octanol–water partition coefficient (Wildman–Crippen LogP) is 2.55. The molecule has 0 aromatic carbocycles. The molecule has 0 atom stereocenters. The fourth-order valence-electron chi connectivity index (χ4n) is 1.66. The number of amides is 1. The minimum Gasteiger partial charge on any atom is -0.330 e. The summed E-state index contributed by atoms with van der Waals surface area (Å²) in [5, 5.41) is 0. The number of halogens is 3. The lowest BCUT2D eigenvalue weighted by molar-refractivity contribution is -0.166. The van der Waals surface area contributed by atoms with Crippen LogP contribution >= 0.6 is 0 Å². The minimum absolute atomic E-state index is 0.423. The Morgan fingerprint density at radius 3 is 1.94 bits per heavy atom. The fourth-order valence-corrected chi connectivity index (χ4v) is 1.66. The van der Waals surface area contributed by atoms with Crippen molar-refractivity contribution in [2.24, 2.45) is 0 Å². The van der Waals surface area contributed by atoms with Crippen molar-refractivity contribution in [3.05, 3.63) is 0 Å². The zero-order chi connectivity index (χ0) is 13.6. The molecule has 0 aliphatic carbocycles. The lowest BCUT2D eigenvalue weighted by Gasteiger charge is -2.31. The number of nitrogens with zero attached hydrogens (tertiary/aromatic N) is 1. The van der Waals surface area contributed by atoms with Crippen molar-refractivity contribution in [1.82, 2.24) is 4.90 Å². The Morgan fingerprint density at radius 2 is 1.65 bits per heavy atom. The van der Waals surface area contributed by atoms with Crippen molar-refractivity contribution in [3.63, 3.8) is 0 Å². The van der Waals surface area contributed by atoms with Crippen molar-refractivity contribution < 1.29 is 22.8 Å². The summed E-state index contributed by atoms with van der Waals surface area (Å²) in [6, 6.07) is -0.469. The number of alkyl halides is 3. The molecule has 0 spiro atoms. The van der Waals surface area contributed by atoms with E-state index in [1.807, 2.05) is 0 Å². The first-order chi connectivity index (χ1) is 7.71. The van der Waals surface area contributed by atoms with Crippen molar-refractivity contribution in [3.8, 4) is 0 Å². The van der Waals surface area contributed by atoms with Crippen molar-refractivity contribution >= 4 is 11.7 Å². The maximum atomic E-state index is 12.4. The molecule has 0 aromatic heterocycles. The molecule has 0 unspecified atom stereocenters. The Labute approximate surface area is 99.0 Å². The highest BCUT2D eigenvalue weighted by atomic mass is 19.4. The number of carbonyl (C=O) groups excluding carboxylic acids is 2. The smallest absolute Gasteiger partial charge is 0.330 e. The van der Waals surface area contributed by atoms with E-state index in [0.29, 0.717) is 12.8 Å². The van der Waals surface area contributed by atoms with Crippen LogP contribution < -0.4 is 0 Å². The molecule has 0 rings (SSSR count). The third-order valence-corrected chi connectivity index (χ3v) is 2.45. The second-order valence-electron chi connectivity index (χ2n) is 3.99. The van der Waals surface area contributed by atoms with Crippen LogP contribution in [-0.4, -0.2) is 35.4 Å². The van der Waals surface area contributed by atoms with Gasteiger partial charge < -0.3 is 4.90 Å². The maximum Gasteiger partial charge on any atom is 0.406 e. The topological polar surface area (TPSA) is 37.4 Å². The average Bonchev–Trinajstić information content (AvgIpc) is 2.15. The van der Waals surface area contributed by atoms with Crippen molar-refractivity contribution in [1.29, 1.82) is 0 Å². The summed E-state index contributed by atoms with van der Waals surface area (Å²) < 4.78 is 37.1. The zero-order valence-corrected chi connectivity index (χ0v) is 10.3. The number of carbonyl (C=O) groups is 2. The maximum absolute atomic E-state index is 12.4. The lowest BCUT2D eigenvalue weighted by Crippen LogP contribution is -2.45. The average molecular weight is 253 g/mol. The largest absolute Gasteiger partial charge is 0.406 e. The molecule has 0 bridgehead atoms. The van der Waals surface area contributed by atoms with Gasteiger partial charge in [0, 0.05) is 6.04 Å². The molecule has 0 heterocycles. The molecule has 0 aromatic rings. The molecular weight excluding hydrogens is 235 g/mol. The standard InChI is InChI=1S/C11H18F3NO2/c1-4-9(5-2)15(7-11(12,13)14)10(17)6-8(3)16/h9H,4-7H2,1-3H3. The quantitative estimate of drug-likeness (QED) is 0.682. The van der Waals surface area contributed by atoms with Gasteiger partial charge in [-0.25, -0.2) is 0 Å². The van der Waals surface area contributed by atoms with Crippen molar-refractivity contribution in [2.75, 3.05) is 6.54 Å². The van der Waals surface area contributed by atoms with Gasteiger partial charge >= 0.3 is 6.18 Å². The van der Waals surface area contributed by atoms with Crippen LogP contribution in [0.3, 0.4) is 0 Å². The van der Waals surface area contributed by atoms with Crippen LogP contribution in [0.4, 0.5) is 13.2 Å². The first kappa shape index (κ1) is 15.9. The highest BCUT2D eigenvalue weighted by Gasteiger charge is 2.35. The van der Waals surface area contributed by atoms with E-state index in [9.17, 15) is 22.8 Å². The van der Waals surface area contributed by atoms with Crippen molar-refractivity contribution in [2.45, 2.75) is 52.3 Å². The number of hydrogen-bond acceptors (Lipinski definition) is 2. The third kappa shape index (κ3) is 6.28. The fraction of sp³-hybridized carbons (Fsp3) is 0.818. The molecule has 1 amide bonds. The van der Waals surface area contributed by atoms with E-state index in [1.54, 1.807) is 13.8 Å². The van der Waals surface area contributed by atoms with Crippen LogP contribution in [0, 0.1) is 0 Å². The summed E-state index contributed by atoms with van der Waals surface area (Å²) in [4.78, 5) is 23.2. The molecule has 3 nitrogen and oxygen atoms in total. The van der Waals surface area contributed by atoms with Gasteiger partial charge in [-0.1, -0.05) is 13.8 Å². The van der Waals surface area contributed by atoms with E-state index in [2.05, 4.69) is 0 Å². The molecule has 100 valence electrons. The Kier molecular flexibility index (Phi) is 6.20. The first-order valence-electron chi connectivity index (χ1n) is 5.56. The molecule has 0 N–H and O–H groups in total. The molecule has 0 fully saturated rings. The van der Waals surface area contributed by atoms with E-state index < -0.39 is 36.9 Å². The van der Waals surface area contributed by atoms with Crippen LogP contribution in [0.25, 0.3) is 0 Å². The van der Waals surface area contributed by atoms with E-state index >= 15 is 0 Å². The number of hydrogen-bond donors (Lipinski definition) is 0. The molecule has 0 saturated carbocycles. The molecule has 0 radical (unpaired) electrons. The van der Waals surface area contributed by atoms with Crippen LogP contribution in [0.15, 0.2) is 0 Å².